The number of sulfonamides is 1. The molecule has 0 saturated heterocycles. The van der Waals surface area contributed by atoms with Gasteiger partial charge in [0, 0.05) is 28.5 Å². The van der Waals surface area contributed by atoms with Crippen LogP contribution in [0.15, 0.2) is 112 Å². The van der Waals surface area contributed by atoms with E-state index in [0.29, 0.717) is 22.7 Å². The lowest BCUT2D eigenvalue weighted by atomic mass is 10.0. The molecular weight excluding hydrogens is 674 g/mol. The van der Waals surface area contributed by atoms with Gasteiger partial charge in [-0.05, 0) is 73.9 Å². The van der Waals surface area contributed by atoms with E-state index in [1.165, 1.54) is 17.0 Å². The Labute approximate surface area is 279 Å². The molecular formula is C35H37BrClN3O4S. The summed E-state index contributed by atoms with van der Waals surface area (Å²) in [6.07, 6.45) is 0.927. The van der Waals surface area contributed by atoms with Gasteiger partial charge in [0.25, 0.3) is 10.0 Å². The fourth-order valence-corrected chi connectivity index (χ4v) is 6.65. The largest absolute Gasteiger partial charge is 0.352 e. The first-order valence-electron chi connectivity index (χ1n) is 14.7. The lowest BCUT2D eigenvalue weighted by Crippen LogP contribution is -2.54. The minimum atomic E-state index is -4.18. The van der Waals surface area contributed by atoms with Gasteiger partial charge >= 0.3 is 0 Å². The van der Waals surface area contributed by atoms with Gasteiger partial charge in [-0.2, -0.15) is 0 Å². The van der Waals surface area contributed by atoms with Crippen LogP contribution < -0.4 is 9.62 Å². The van der Waals surface area contributed by atoms with E-state index in [2.05, 4.69) is 21.2 Å². The van der Waals surface area contributed by atoms with Crippen molar-refractivity contribution in [2.75, 3.05) is 10.8 Å². The molecule has 0 aromatic heterocycles. The molecule has 0 heterocycles. The number of benzene rings is 4. The molecule has 10 heteroatoms. The monoisotopic (exact) mass is 709 g/mol. The van der Waals surface area contributed by atoms with Crippen molar-refractivity contribution in [1.29, 1.82) is 0 Å². The Morgan fingerprint density at radius 3 is 2.13 bits per heavy atom. The lowest BCUT2D eigenvalue weighted by molar-refractivity contribution is -0.140. The third-order valence-corrected chi connectivity index (χ3v) is 10.3. The highest BCUT2D eigenvalue weighted by Gasteiger charge is 2.35. The summed E-state index contributed by atoms with van der Waals surface area (Å²) in [6, 6.07) is 28.7. The number of carbonyl (C=O) groups excluding carboxylic acids is 2. The summed E-state index contributed by atoms with van der Waals surface area (Å²) in [5.74, 6) is -0.876. The highest BCUT2D eigenvalue weighted by Crippen LogP contribution is 2.27. The van der Waals surface area contributed by atoms with E-state index in [9.17, 15) is 18.0 Å². The Hall–Kier alpha value is -3.66. The van der Waals surface area contributed by atoms with E-state index < -0.39 is 28.5 Å². The van der Waals surface area contributed by atoms with Crippen molar-refractivity contribution in [2.45, 2.75) is 57.1 Å². The molecule has 236 valence electrons. The Balaban J connectivity index is 1.81. The molecule has 2 amide bonds. The predicted octanol–water partition coefficient (Wildman–Crippen LogP) is 7.16. The van der Waals surface area contributed by atoms with Crippen LogP contribution in [-0.2, 0) is 32.6 Å². The number of nitrogens with zero attached hydrogens (tertiary/aromatic N) is 2. The SMILES string of the molecule is CC[C@H](C)NC(=O)[C@@H](Cc1ccccc1)N(Cc1ccccc1Cl)C(=O)CN(c1ccc(Br)cc1)S(=O)(=O)c1ccc(C)cc1. The third-order valence-electron chi connectivity index (χ3n) is 7.57. The number of anilines is 1. The van der Waals surface area contributed by atoms with Crippen LogP contribution >= 0.6 is 27.5 Å². The van der Waals surface area contributed by atoms with Crippen molar-refractivity contribution in [3.63, 3.8) is 0 Å². The number of nitrogens with one attached hydrogen (secondary N) is 1. The van der Waals surface area contributed by atoms with E-state index in [0.717, 1.165) is 19.9 Å². The second kappa shape index (κ2) is 15.6. The molecule has 4 aromatic carbocycles. The number of halogens is 2. The Morgan fingerprint density at radius 2 is 1.51 bits per heavy atom. The first-order chi connectivity index (χ1) is 21.5. The molecule has 0 saturated carbocycles. The summed E-state index contributed by atoms with van der Waals surface area (Å²) in [5, 5.41) is 3.47. The van der Waals surface area contributed by atoms with E-state index >= 15 is 0 Å². The van der Waals surface area contributed by atoms with Crippen LogP contribution in [0.1, 0.15) is 37.0 Å². The van der Waals surface area contributed by atoms with E-state index in [1.807, 2.05) is 57.2 Å². The zero-order valence-corrected chi connectivity index (χ0v) is 28.6. The van der Waals surface area contributed by atoms with Gasteiger partial charge in [-0.15, -0.1) is 0 Å². The third kappa shape index (κ3) is 8.96. The van der Waals surface area contributed by atoms with E-state index in [-0.39, 0.29) is 29.8 Å². The lowest BCUT2D eigenvalue weighted by Gasteiger charge is -2.34. The van der Waals surface area contributed by atoms with Gasteiger partial charge in [-0.3, -0.25) is 13.9 Å². The number of hydrogen-bond donors (Lipinski definition) is 1. The van der Waals surface area contributed by atoms with Gasteiger partial charge in [-0.1, -0.05) is 101 Å². The molecule has 0 aliphatic rings. The van der Waals surface area contributed by atoms with Crippen LogP contribution in [0, 0.1) is 6.92 Å². The maximum absolute atomic E-state index is 14.5. The fourth-order valence-electron chi connectivity index (χ4n) is 4.78. The number of rotatable bonds is 13. The van der Waals surface area contributed by atoms with Crippen LogP contribution in [0.5, 0.6) is 0 Å². The molecule has 45 heavy (non-hydrogen) atoms. The molecule has 1 N–H and O–H groups in total. The number of aryl methyl sites for hydroxylation is 1. The second-order valence-corrected chi connectivity index (χ2v) is 14.1. The Bertz CT molecular complexity index is 1700. The average molecular weight is 711 g/mol. The Morgan fingerprint density at radius 1 is 0.889 bits per heavy atom. The van der Waals surface area contributed by atoms with Crippen LogP contribution in [0.25, 0.3) is 0 Å². The number of carbonyl (C=O) groups is 2. The van der Waals surface area contributed by atoms with Crippen molar-refractivity contribution >= 4 is 55.1 Å². The van der Waals surface area contributed by atoms with Gasteiger partial charge in [0.15, 0.2) is 0 Å². The Kier molecular flexibility index (Phi) is 11.8. The maximum atomic E-state index is 14.5. The molecule has 4 aromatic rings. The van der Waals surface area contributed by atoms with Gasteiger partial charge in [0.05, 0.1) is 10.6 Å². The van der Waals surface area contributed by atoms with Crippen LogP contribution in [0.2, 0.25) is 5.02 Å². The molecule has 0 bridgehead atoms. The smallest absolute Gasteiger partial charge is 0.264 e. The van der Waals surface area contributed by atoms with Crippen molar-refractivity contribution in [2.24, 2.45) is 0 Å². The van der Waals surface area contributed by atoms with Gasteiger partial charge in [0.1, 0.15) is 12.6 Å². The molecule has 0 spiro atoms. The van der Waals surface area contributed by atoms with Crippen LogP contribution in [0.3, 0.4) is 0 Å². The first-order valence-corrected chi connectivity index (χ1v) is 17.3. The molecule has 0 unspecified atom stereocenters. The molecule has 7 nitrogen and oxygen atoms in total. The minimum Gasteiger partial charge on any atom is -0.352 e. The normalized spacial score (nSPS) is 12.6. The molecule has 0 aliphatic heterocycles. The van der Waals surface area contributed by atoms with E-state index in [1.54, 1.807) is 54.6 Å². The second-order valence-electron chi connectivity index (χ2n) is 10.9. The van der Waals surface area contributed by atoms with Crippen molar-refractivity contribution in [3.05, 3.63) is 129 Å². The summed E-state index contributed by atoms with van der Waals surface area (Å²) in [7, 11) is -4.18. The molecule has 0 fully saturated rings. The van der Waals surface area contributed by atoms with Crippen molar-refractivity contribution in [3.8, 4) is 0 Å². The van der Waals surface area contributed by atoms with Crippen LogP contribution in [-0.4, -0.2) is 43.8 Å². The number of amides is 2. The number of hydrogen-bond acceptors (Lipinski definition) is 4. The molecule has 4 rings (SSSR count). The van der Waals surface area contributed by atoms with Crippen LogP contribution in [0.4, 0.5) is 5.69 Å². The average Bonchev–Trinajstić information content (AvgIpc) is 3.03. The van der Waals surface area contributed by atoms with Gasteiger partial charge in [-0.25, -0.2) is 8.42 Å². The first kappa shape index (κ1) is 34.2. The molecule has 0 aliphatic carbocycles. The summed E-state index contributed by atoms with van der Waals surface area (Å²) < 4.78 is 30.1. The molecule has 0 radical (unpaired) electrons. The predicted molar refractivity (Wildman–Crippen MR) is 184 cm³/mol. The van der Waals surface area contributed by atoms with Gasteiger partial charge < -0.3 is 10.2 Å². The summed E-state index contributed by atoms with van der Waals surface area (Å²) in [6.45, 7) is 5.21. The standard InChI is InChI=1S/C35H37BrClN3O4S/c1-4-26(3)38-35(42)33(22-27-10-6-5-7-11-27)39(23-28-12-8-9-13-32(28)37)34(41)24-40(30-18-16-29(36)17-19-30)45(43,44)31-20-14-25(2)15-21-31/h5-21,26,33H,4,22-24H2,1-3H3,(H,38,42)/t26-,33+/m0/s1. The molecule has 2 atom stereocenters. The maximum Gasteiger partial charge on any atom is 0.264 e. The summed E-state index contributed by atoms with van der Waals surface area (Å²) >= 11 is 9.96. The highest BCUT2D eigenvalue weighted by atomic mass is 79.9. The highest BCUT2D eigenvalue weighted by molar-refractivity contribution is 9.10. The summed E-state index contributed by atoms with van der Waals surface area (Å²) in [5.41, 5.74) is 2.71. The quantitative estimate of drug-likeness (QED) is 0.160. The van der Waals surface area contributed by atoms with Gasteiger partial charge in [0.2, 0.25) is 11.8 Å². The fraction of sp³-hybridized carbons (Fsp3) is 0.257. The zero-order valence-electron chi connectivity index (χ0n) is 25.5. The summed E-state index contributed by atoms with van der Waals surface area (Å²) in [4.78, 5) is 29.9. The van der Waals surface area contributed by atoms with Crippen molar-refractivity contribution in [1.82, 2.24) is 10.2 Å². The topological polar surface area (TPSA) is 86.8 Å². The zero-order chi connectivity index (χ0) is 32.6. The van der Waals surface area contributed by atoms with E-state index in [4.69, 9.17) is 11.6 Å². The minimum absolute atomic E-state index is 0.00267. The van der Waals surface area contributed by atoms with Crippen molar-refractivity contribution < 1.29 is 18.0 Å².